The van der Waals surface area contributed by atoms with Crippen molar-refractivity contribution in [3.63, 3.8) is 0 Å². The zero-order chi connectivity index (χ0) is 23.6. The van der Waals surface area contributed by atoms with Gasteiger partial charge in [0, 0.05) is 17.8 Å². The molecular formula is C23H30FKN4O4S. The molecule has 0 bridgehead atoms. The summed E-state index contributed by atoms with van der Waals surface area (Å²) in [6.07, 6.45) is 4.43. The molecule has 180 valence electrons. The Morgan fingerprint density at radius 2 is 1.94 bits per heavy atom. The predicted octanol–water partition coefficient (Wildman–Crippen LogP) is 2.67. The molecule has 1 aliphatic heterocycles. The number of nitrogens with zero attached hydrogens (tertiary/aromatic N) is 2. The van der Waals surface area contributed by atoms with Gasteiger partial charge in [-0.05, 0) is 80.6 Å². The Labute approximate surface area is 242 Å². The molecule has 2 heterocycles. The maximum atomic E-state index is 14.8. The maximum absolute atomic E-state index is 14.8. The number of piperidine rings is 1. The van der Waals surface area contributed by atoms with Crippen LogP contribution in [-0.4, -0.2) is 108 Å². The second-order valence-corrected chi connectivity index (χ2v) is 10.4. The summed E-state index contributed by atoms with van der Waals surface area (Å²) in [5, 5.41) is 2.10. The van der Waals surface area contributed by atoms with E-state index >= 15 is 0 Å². The van der Waals surface area contributed by atoms with E-state index in [1.54, 1.807) is 12.1 Å². The molecule has 0 atom stereocenters. The molecule has 2 N–H and O–H groups in total. The number of hydrogen-bond donors (Lipinski definition) is 2. The molecule has 11 heteroatoms. The molecule has 4 rings (SSSR count). The third-order valence-electron chi connectivity index (χ3n) is 6.50. The van der Waals surface area contributed by atoms with Crippen molar-refractivity contribution < 1.29 is 22.3 Å². The van der Waals surface area contributed by atoms with Crippen LogP contribution in [-0.2, 0) is 22.9 Å². The summed E-state index contributed by atoms with van der Waals surface area (Å²) in [6.45, 7) is 4.28. The van der Waals surface area contributed by atoms with E-state index in [1.165, 1.54) is 19.4 Å². The van der Waals surface area contributed by atoms with Crippen LogP contribution in [0.2, 0.25) is 0 Å². The molecule has 2 amide bonds. The van der Waals surface area contributed by atoms with E-state index in [9.17, 15) is 17.6 Å². The van der Waals surface area contributed by atoms with Gasteiger partial charge in [0.25, 0.3) is 0 Å². The number of ether oxygens (including phenoxy) is 1. The summed E-state index contributed by atoms with van der Waals surface area (Å²) in [4.78, 5) is 19.1. The van der Waals surface area contributed by atoms with Gasteiger partial charge in [-0.25, -0.2) is 27.3 Å². The van der Waals surface area contributed by atoms with Gasteiger partial charge in [-0.3, -0.25) is 0 Å². The minimum atomic E-state index is -3.84. The number of anilines is 1. The molecule has 2 aliphatic rings. The monoisotopic (exact) mass is 516 g/mol. The third-order valence-corrected chi connectivity index (χ3v) is 8.32. The van der Waals surface area contributed by atoms with Gasteiger partial charge in [-0.2, -0.15) is 0 Å². The molecule has 1 aromatic carbocycles. The van der Waals surface area contributed by atoms with Gasteiger partial charge < -0.3 is 15.0 Å². The average molecular weight is 517 g/mol. The minimum absolute atomic E-state index is 0. The first-order valence-electron chi connectivity index (χ1n) is 11.2. The van der Waals surface area contributed by atoms with Crippen molar-refractivity contribution in [2.45, 2.75) is 44.3 Å². The van der Waals surface area contributed by atoms with Gasteiger partial charge in [0.05, 0.1) is 18.0 Å². The Kier molecular flexibility index (Phi) is 9.52. The number of methoxy groups -OCH3 is 1. The van der Waals surface area contributed by atoms with Crippen molar-refractivity contribution in [2.75, 3.05) is 32.1 Å². The van der Waals surface area contributed by atoms with E-state index in [1.807, 2.05) is 6.92 Å². The van der Waals surface area contributed by atoms with Crippen LogP contribution in [0.4, 0.5) is 14.9 Å². The van der Waals surface area contributed by atoms with Gasteiger partial charge in [0.1, 0.15) is 5.82 Å². The normalized spacial score (nSPS) is 16.4. The Bertz CT molecular complexity index is 1150. The summed E-state index contributed by atoms with van der Waals surface area (Å²) in [5.74, 6) is 0.0133. The van der Waals surface area contributed by atoms with E-state index in [-0.39, 0.29) is 57.2 Å². The molecular weight excluding hydrogens is 486 g/mol. The molecule has 0 radical (unpaired) electrons. The second kappa shape index (κ2) is 11.8. The van der Waals surface area contributed by atoms with E-state index in [0.29, 0.717) is 72.6 Å². The fourth-order valence-corrected chi connectivity index (χ4v) is 5.99. The molecule has 1 aliphatic carbocycles. The van der Waals surface area contributed by atoms with Crippen molar-refractivity contribution in [1.29, 1.82) is 0 Å². The summed E-state index contributed by atoms with van der Waals surface area (Å²) in [7, 11) is -2.35. The molecule has 1 aromatic heterocycles. The molecule has 0 unspecified atom stereocenters. The number of aromatic nitrogens is 1. The van der Waals surface area contributed by atoms with Crippen LogP contribution in [0.1, 0.15) is 37.3 Å². The number of halogens is 1. The number of fused-ring (bicyclic) bond motifs is 1. The van der Waals surface area contributed by atoms with Gasteiger partial charge in [-0.15, -0.1) is 0 Å². The van der Waals surface area contributed by atoms with E-state index in [2.05, 4.69) is 19.9 Å². The van der Waals surface area contributed by atoms with E-state index in [0.717, 1.165) is 13.0 Å². The van der Waals surface area contributed by atoms with E-state index in [4.69, 9.17) is 4.74 Å². The molecule has 8 nitrogen and oxygen atoms in total. The summed E-state index contributed by atoms with van der Waals surface area (Å²) >= 11 is 0. The Morgan fingerprint density at radius 3 is 2.62 bits per heavy atom. The Morgan fingerprint density at radius 1 is 1.24 bits per heavy atom. The zero-order valence-electron chi connectivity index (χ0n) is 18.9. The Balaban J connectivity index is 0.00000324. The first-order chi connectivity index (χ1) is 15.8. The fraction of sp³-hybridized carbons (Fsp3) is 0.478. The first-order valence-corrected chi connectivity index (χ1v) is 12.8. The Hall–Kier alpha value is -1.08. The zero-order valence-corrected chi connectivity index (χ0v) is 19.7. The number of likely N-dealkylation sites (tertiary alicyclic amines) is 1. The van der Waals surface area contributed by atoms with E-state index < -0.39 is 21.3 Å². The summed E-state index contributed by atoms with van der Waals surface area (Å²) in [6, 6.07) is 3.89. The number of hydrogen-bond acceptors (Lipinski definition) is 6. The molecule has 34 heavy (non-hydrogen) atoms. The second-order valence-electron chi connectivity index (χ2n) is 8.41. The van der Waals surface area contributed by atoms with Crippen molar-refractivity contribution >= 4 is 73.1 Å². The van der Waals surface area contributed by atoms with Gasteiger partial charge in [-0.1, -0.05) is 6.92 Å². The number of rotatable bonds is 6. The number of sulfonamides is 1. The topological polar surface area (TPSA) is 101 Å². The van der Waals surface area contributed by atoms with Crippen molar-refractivity contribution in [2.24, 2.45) is 0 Å². The van der Waals surface area contributed by atoms with Crippen LogP contribution in [0.15, 0.2) is 24.4 Å². The molecule has 0 spiro atoms. The number of nitrogens with one attached hydrogen (secondary N) is 2. The quantitative estimate of drug-likeness (QED) is 0.573. The van der Waals surface area contributed by atoms with Crippen LogP contribution in [0, 0.1) is 5.82 Å². The molecule has 1 fully saturated rings. The number of carbonyl (C=O) groups is 1. The molecule has 2 aromatic rings. The van der Waals surface area contributed by atoms with Crippen LogP contribution in [0.5, 0.6) is 5.88 Å². The first kappa shape index (κ1) is 27.5. The standard InChI is InChI=1S/C23H29FN4O4S.K.H/c1-3-28-11-8-16(9-12-28)33(30,31)27-23(29)26-22-18-6-4-5-17(18)20(24)14-19(22)15-7-10-25-21(13-15)32-2;;/h7,10,13-14,16H,3-6,8-9,11-12H2,1-2H3,(H2,26,27,29);;. The molecule has 1 saturated heterocycles. The SMILES string of the molecule is CCN1CCC(S(=O)(=O)NC(=O)Nc2c(-c3ccnc(OC)c3)cc(F)c3c2CCC3)CC1.[KH]. The predicted molar refractivity (Wildman–Crippen MR) is 132 cm³/mol. The third kappa shape index (κ3) is 6.00. The van der Waals surface area contributed by atoms with Gasteiger partial charge in [0.2, 0.25) is 15.9 Å². The van der Waals surface area contributed by atoms with Crippen LogP contribution >= 0.6 is 0 Å². The van der Waals surface area contributed by atoms with Crippen molar-refractivity contribution in [3.05, 3.63) is 41.3 Å². The summed E-state index contributed by atoms with van der Waals surface area (Å²) in [5.41, 5.74) is 2.75. The average Bonchev–Trinajstić information content (AvgIpc) is 3.31. The van der Waals surface area contributed by atoms with Gasteiger partial charge >= 0.3 is 57.4 Å². The van der Waals surface area contributed by atoms with Crippen LogP contribution in [0.3, 0.4) is 0 Å². The van der Waals surface area contributed by atoms with Crippen LogP contribution < -0.4 is 14.8 Å². The fourth-order valence-electron chi connectivity index (χ4n) is 4.68. The number of urea groups is 1. The number of carbonyl (C=O) groups excluding carboxylic acids is 1. The number of pyridine rings is 1. The van der Waals surface area contributed by atoms with Crippen molar-refractivity contribution in [1.82, 2.24) is 14.6 Å². The van der Waals surface area contributed by atoms with Crippen LogP contribution in [0.25, 0.3) is 11.1 Å². The molecule has 0 saturated carbocycles. The van der Waals surface area contributed by atoms with Gasteiger partial charge in [0.15, 0.2) is 0 Å². The summed E-state index contributed by atoms with van der Waals surface area (Å²) < 4.78 is 47.9. The van der Waals surface area contributed by atoms with Crippen molar-refractivity contribution in [3.8, 4) is 17.0 Å². The number of benzene rings is 1. The number of amides is 2.